The maximum atomic E-state index is 13.2. The highest BCUT2D eigenvalue weighted by atomic mass is 16.6. The number of alkyl carbamates (subject to hydrolysis) is 1. The lowest BCUT2D eigenvalue weighted by atomic mass is 9.79. The molecule has 76 heavy (non-hydrogen) atoms. The van der Waals surface area contributed by atoms with Crippen molar-refractivity contribution in [3.63, 3.8) is 0 Å². The average molecular weight is 1070 g/mol. The van der Waals surface area contributed by atoms with Crippen LogP contribution in [0.4, 0.5) is 4.79 Å². The molecule has 0 saturated heterocycles. The molecule has 1 saturated carbocycles. The summed E-state index contributed by atoms with van der Waals surface area (Å²) in [6, 6.07) is 0. The SMILES string of the molecule is CCCCC/C=C\C/C=C\CCCCCCCC(=O)OCC(CCCCCCCCC(=O)OC(CCCCCCCC)CCCCCCCCC)COC(=O)CCC(CCCC)OC(=O)NCCC(C)C1CCCCC1. The monoisotopic (exact) mass is 1070 g/mol. The van der Waals surface area contributed by atoms with Crippen molar-refractivity contribution in [1.29, 1.82) is 0 Å². The summed E-state index contributed by atoms with van der Waals surface area (Å²) >= 11 is 0. The number of hydrogen-bond donors (Lipinski definition) is 1. The van der Waals surface area contributed by atoms with Crippen LogP contribution >= 0.6 is 0 Å². The molecular formula is C67H123NO8. The van der Waals surface area contributed by atoms with Gasteiger partial charge in [0.05, 0.1) is 13.2 Å². The van der Waals surface area contributed by atoms with Crippen LogP contribution in [0, 0.1) is 17.8 Å². The fourth-order valence-corrected chi connectivity index (χ4v) is 10.8. The molecule has 0 radical (unpaired) electrons. The Kier molecular flexibility index (Phi) is 50.7. The molecule has 0 bridgehead atoms. The van der Waals surface area contributed by atoms with Crippen LogP contribution in [-0.4, -0.2) is 56.0 Å². The Balaban J connectivity index is 2.58. The zero-order valence-corrected chi connectivity index (χ0v) is 50.6. The molecule has 4 unspecified atom stereocenters. The van der Waals surface area contributed by atoms with Gasteiger partial charge in [0, 0.05) is 31.7 Å². The molecular weight excluding hydrogens is 947 g/mol. The number of nitrogens with one attached hydrogen (secondary N) is 1. The van der Waals surface area contributed by atoms with E-state index in [1.54, 1.807) is 0 Å². The highest BCUT2D eigenvalue weighted by molar-refractivity contribution is 5.70. The standard InChI is InChI=1S/C67H123NO8/c1-6-10-14-17-20-21-22-23-24-25-26-27-29-35-43-51-64(69)73-57-60(58-74-65(70)54-53-63(48-13-9-4)76-67(72)68-56-55-59(5)61-46-39-37-40-47-61)45-38-32-30-31-36-44-52-66(71)75-62(49-41-33-19-16-12-8-3)50-42-34-28-18-15-11-7-2/h20-21,23-24,59-63H,6-19,22,25-58H2,1-5H3,(H,68,72)/b21-20-,24-23-. The molecule has 1 rings (SSSR count). The molecule has 1 amide bonds. The van der Waals surface area contributed by atoms with E-state index in [0.29, 0.717) is 38.1 Å². The minimum absolute atomic E-state index is 0.0271. The van der Waals surface area contributed by atoms with E-state index in [1.807, 2.05) is 0 Å². The second kappa shape index (κ2) is 54.1. The number of allylic oxidation sites excluding steroid dienone is 4. The van der Waals surface area contributed by atoms with Crippen LogP contribution in [-0.2, 0) is 33.3 Å². The first-order valence-electron chi connectivity index (χ1n) is 33.0. The van der Waals surface area contributed by atoms with E-state index in [0.717, 1.165) is 128 Å². The number of hydrogen-bond acceptors (Lipinski definition) is 8. The molecule has 0 heterocycles. The molecule has 444 valence electrons. The van der Waals surface area contributed by atoms with Crippen molar-refractivity contribution < 1.29 is 38.1 Å². The predicted octanol–water partition coefficient (Wildman–Crippen LogP) is 20.1. The Morgan fingerprint density at radius 1 is 0.434 bits per heavy atom. The summed E-state index contributed by atoms with van der Waals surface area (Å²) in [5.41, 5.74) is 0. The van der Waals surface area contributed by atoms with Crippen LogP contribution in [0.5, 0.6) is 0 Å². The summed E-state index contributed by atoms with van der Waals surface area (Å²) in [6.45, 7) is 12.2. The summed E-state index contributed by atoms with van der Waals surface area (Å²) in [4.78, 5) is 51.9. The lowest BCUT2D eigenvalue weighted by molar-refractivity contribution is -0.151. The van der Waals surface area contributed by atoms with Gasteiger partial charge >= 0.3 is 24.0 Å². The van der Waals surface area contributed by atoms with E-state index < -0.39 is 6.09 Å². The molecule has 0 aliphatic heterocycles. The van der Waals surface area contributed by atoms with Gasteiger partial charge in [-0.25, -0.2) is 4.79 Å². The number of rotatable bonds is 54. The zero-order valence-electron chi connectivity index (χ0n) is 50.6. The minimum atomic E-state index is -0.397. The molecule has 1 aliphatic carbocycles. The van der Waals surface area contributed by atoms with E-state index in [2.05, 4.69) is 64.2 Å². The summed E-state index contributed by atoms with van der Waals surface area (Å²) in [6.07, 6.45) is 57.9. The van der Waals surface area contributed by atoms with E-state index in [4.69, 9.17) is 18.9 Å². The van der Waals surface area contributed by atoms with Crippen LogP contribution < -0.4 is 5.32 Å². The highest BCUT2D eigenvalue weighted by Crippen LogP contribution is 2.31. The molecule has 1 N–H and O–H groups in total. The minimum Gasteiger partial charge on any atom is -0.465 e. The normalized spacial score (nSPS) is 14.7. The van der Waals surface area contributed by atoms with E-state index in [9.17, 15) is 19.2 Å². The van der Waals surface area contributed by atoms with Crippen molar-refractivity contribution >= 4 is 24.0 Å². The molecule has 9 nitrogen and oxygen atoms in total. The van der Waals surface area contributed by atoms with E-state index in [1.165, 1.54) is 141 Å². The van der Waals surface area contributed by atoms with Gasteiger partial charge in [0.25, 0.3) is 0 Å². The molecule has 9 heteroatoms. The lowest BCUT2D eigenvalue weighted by Crippen LogP contribution is -2.31. The van der Waals surface area contributed by atoms with Gasteiger partial charge in [-0.05, 0) is 108 Å². The Labute approximate surface area is 469 Å². The van der Waals surface area contributed by atoms with Gasteiger partial charge in [-0.15, -0.1) is 0 Å². The number of carbonyl (C=O) groups excluding carboxylic acids is 4. The topological polar surface area (TPSA) is 117 Å². The third kappa shape index (κ3) is 46.1. The maximum absolute atomic E-state index is 13.2. The molecule has 4 atom stereocenters. The van der Waals surface area contributed by atoms with Crippen molar-refractivity contribution in [2.75, 3.05) is 19.8 Å². The molecule has 1 aliphatic rings. The molecule has 0 spiro atoms. The van der Waals surface area contributed by atoms with Crippen LogP contribution in [0.25, 0.3) is 0 Å². The van der Waals surface area contributed by atoms with Gasteiger partial charge in [0.1, 0.15) is 12.2 Å². The largest absolute Gasteiger partial charge is 0.465 e. The van der Waals surface area contributed by atoms with Gasteiger partial charge in [-0.2, -0.15) is 0 Å². The summed E-state index contributed by atoms with van der Waals surface area (Å²) in [5, 5.41) is 2.98. The van der Waals surface area contributed by atoms with Gasteiger partial charge in [0.2, 0.25) is 0 Å². The number of amides is 1. The Morgan fingerprint density at radius 2 is 0.868 bits per heavy atom. The summed E-state index contributed by atoms with van der Waals surface area (Å²) in [5.74, 6) is 0.754. The molecule has 0 aromatic carbocycles. The van der Waals surface area contributed by atoms with Crippen molar-refractivity contribution in [2.24, 2.45) is 17.8 Å². The highest BCUT2D eigenvalue weighted by Gasteiger charge is 2.22. The van der Waals surface area contributed by atoms with Crippen molar-refractivity contribution in [3.8, 4) is 0 Å². The van der Waals surface area contributed by atoms with Crippen LogP contribution in [0.15, 0.2) is 24.3 Å². The molecule has 1 fully saturated rings. The number of esters is 3. The van der Waals surface area contributed by atoms with Crippen LogP contribution in [0.3, 0.4) is 0 Å². The smallest absolute Gasteiger partial charge is 0.407 e. The Hall–Kier alpha value is -2.84. The molecule has 0 aromatic rings. The lowest BCUT2D eigenvalue weighted by Gasteiger charge is -2.27. The fraction of sp³-hybridized carbons (Fsp3) is 0.881. The summed E-state index contributed by atoms with van der Waals surface area (Å²) < 4.78 is 23.6. The van der Waals surface area contributed by atoms with Gasteiger partial charge < -0.3 is 24.3 Å². The summed E-state index contributed by atoms with van der Waals surface area (Å²) in [7, 11) is 0. The third-order valence-corrected chi connectivity index (χ3v) is 16.0. The first-order valence-corrected chi connectivity index (χ1v) is 33.0. The predicted molar refractivity (Wildman–Crippen MR) is 320 cm³/mol. The fourth-order valence-electron chi connectivity index (χ4n) is 10.8. The Bertz CT molecular complexity index is 1390. The first kappa shape index (κ1) is 71.2. The number of ether oxygens (including phenoxy) is 4. The van der Waals surface area contributed by atoms with Crippen molar-refractivity contribution in [2.45, 2.75) is 342 Å². The quantitative estimate of drug-likeness (QED) is 0.0277. The zero-order chi connectivity index (χ0) is 55.2. The van der Waals surface area contributed by atoms with E-state index >= 15 is 0 Å². The average Bonchev–Trinajstić information content (AvgIpc) is 3.42. The number of carbonyl (C=O) groups is 4. The van der Waals surface area contributed by atoms with Crippen LogP contribution in [0.1, 0.15) is 330 Å². The van der Waals surface area contributed by atoms with Crippen molar-refractivity contribution in [3.05, 3.63) is 24.3 Å². The molecule has 0 aromatic heterocycles. The number of unbranched alkanes of at least 4 members (excludes halogenated alkanes) is 25. The van der Waals surface area contributed by atoms with Crippen molar-refractivity contribution in [1.82, 2.24) is 5.32 Å². The second-order valence-corrected chi connectivity index (χ2v) is 23.3. The third-order valence-electron chi connectivity index (χ3n) is 16.0. The van der Waals surface area contributed by atoms with Gasteiger partial charge in [-0.1, -0.05) is 239 Å². The van der Waals surface area contributed by atoms with Crippen LogP contribution in [0.2, 0.25) is 0 Å². The van der Waals surface area contributed by atoms with E-state index in [-0.39, 0.29) is 55.7 Å². The first-order chi connectivity index (χ1) is 37.2. The maximum Gasteiger partial charge on any atom is 0.407 e. The van der Waals surface area contributed by atoms with Gasteiger partial charge in [0.15, 0.2) is 0 Å². The Morgan fingerprint density at radius 3 is 1.43 bits per heavy atom. The second-order valence-electron chi connectivity index (χ2n) is 23.3. The van der Waals surface area contributed by atoms with Gasteiger partial charge in [-0.3, -0.25) is 14.4 Å².